The smallest absolute Gasteiger partial charge is 0.161 e. The van der Waals surface area contributed by atoms with Crippen molar-refractivity contribution >= 4 is 23.4 Å². The third-order valence-electron chi connectivity index (χ3n) is 2.19. The molecule has 2 atom stereocenters. The summed E-state index contributed by atoms with van der Waals surface area (Å²) in [5.41, 5.74) is 0. The summed E-state index contributed by atoms with van der Waals surface area (Å²) in [6.45, 7) is 2.91. The Bertz CT molecular complexity index is 323. The van der Waals surface area contributed by atoms with Gasteiger partial charge in [-0.2, -0.15) is 0 Å². The van der Waals surface area contributed by atoms with Crippen LogP contribution in [0.1, 0.15) is 13.3 Å². The first-order chi connectivity index (χ1) is 6.77. The molecule has 0 bridgehead atoms. The Morgan fingerprint density at radius 3 is 2.93 bits per heavy atom. The molecule has 0 saturated carbocycles. The Morgan fingerprint density at radius 1 is 1.50 bits per heavy atom. The highest BCUT2D eigenvalue weighted by atomic mass is 35.5. The van der Waals surface area contributed by atoms with Gasteiger partial charge in [0.1, 0.15) is 5.03 Å². The summed E-state index contributed by atoms with van der Waals surface area (Å²) in [6, 6.07) is 0. The number of rotatable bonds is 2. The molecule has 1 aromatic heterocycles. The van der Waals surface area contributed by atoms with Crippen LogP contribution in [-0.4, -0.2) is 27.9 Å². The zero-order chi connectivity index (χ0) is 9.97. The molecule has 2 heterocycles. The van der Waals surface area contributed by atoms with Crippen LogP contribution in [0, 0.1) is 0 Å². The molecular formula is C9H11ClN2OS. The van der Waals surface area contributed by atoms with E-state index in [4.69, 9.17) is 16.3 Å². The lowest BCUT2D eigenvalue weighted by atomic mass is 10.3. The molecule has 1 aliphatic heterocycles. The van der Waals surface area contributed by atoms with Crippen LogP contribution in [-0.2, 0) is 4.74 Å². The van der Waals surface area contributed by atoms with E-state index in [0.29, 0.717) is 10.4 Å². The quantitative estimate of drug-likeness (QED) is 0.782. The van der Waals surface area contributed by atoms with Crippen molar-refractivity contribution in [1.82, 2.24) is 9.97 Å². The zero-order valence-electron chi connectivity index (χ0n) is 7.81. The highest BCUT2D eigenvalue weighted by molar-refractivity contribution is 8.00. The largest absolute Gasteiger partial charge is 0.377 e. The summed E-state index contributed by atoms with van der Waals surface area (Å²) in [4.78, 5) is 8.18. The van der Waals surface area contributed by atoms with Gasteiger partial charge in [0, 0.05) is 24.3 Å². The van der Waals surface area contributed by atoms with Crippen molar-refractivity contribution in [1.29, 1.82) is 0 Å². The van der Waals surface area contributed by atoms with E-state index in [1.165, 1.54) is 0 Å². The average molecular weight is 231 g/mol. The van der Waals surface area contributed by atoms with Gasteiger partial charge in [-0.3, -0.25) is 0 Å². The predicted octanol–water partition coefficient (Wildman–Crippen LogP) is 2.40. The Labute approximate surface area is 92.2 Å². The normalized spacial score (nSPS) is 26.7. The second-order valence-electron chi connectivity index (χ2n) is 3.17. The number of hydrogen-bond donors (Lipinski definition) is 0. The monoisotopic (exact) mass is 230 g/mol. The maximum absolute atomic E-state index is 5.92. The van der Waals surface area contributed by atoms with Crippen molar-refractivity contribution in [3.05, 3.63) is 17.5 Å². The van der Waals surface area contributed by atoms with Gasteiger partial charge in [-0.1, -0.05) is 23.4 Å². The van der Waals surface area contributed by atoms with Crippen LogP contribution in [0.5, 0.6) is 0 Å². The molecule has 0 aliphatic carbocycles. The number of ether oxygens (including phenoxy) is 1. The van der Waals surface area contributed by atoms with E-state index in [0.717, 1.165) is 18.1 Å². The van der Waals surface area contributed by atoms with Gasteiger partial charge in [0.2, 0.25) is 0 Å². The summed E-state index contributed by atoms with van der Waals surface area (Å²) < 4.78 is 5.47. The Kier molecular flexibility index (Phi) is 3.26. The van der Waals surface area contributed by atoms with Crippen LogP contribution >= 0.6 is 23.4 Å². The third-order valence-corrected chi connectivity index (χ3v) is 4.02. The third kappa shape index (κ3) is 2.19. The Morgan fingerprint density at radius 2 is 2.29 bits per heavy atom. The number of nitrogens with zero attached hydrogens (tertiary/aromatic N) is 2. The van der Waals surface area contributed by atoms with E-state index in [9.17, 15) is 0 Å². The van der Waals surface area contributed by atoms with Crippen molar-refractivity contribution in [2.45, 2.75) is 29.7 Å². The van der Waals surface area contributed by atoms with Crippen molar-refractivity contribution in [2.75, 3.05) is 6.61 Å². The maximum Gasteiger partial charge on any atom is 0.161 e. The van der Waals surface area contributed by atoms with Crippen LogP contribution < -0.4 is 0 Å². The molecule has 0 radical (unpaired) electrons. The van der Waals surface area contributed by atoms with Gasteiger partial charge in [0.15, 0.2) is 5.15 Å². The molecular weight excluding hydrogens is 220 g/mol. The van der Waals surface area contributed by atoms with Crippen LogP contribution in [0.4, 0.5) is 0 Å². The van der Waals surface area contributed by atoms with E-state index in [1.54, 1.807) is 24.2 Å². The SMILES string of the molecule is CC1OCCC1Sc1nccnc1Cl. The fraction of sp³-hybridized carbons (Fsp3) is 0.556. The van der Waals surface area contributed by atoms with Crippen molar-refractivity contribution < 1.29 is 4.74 Å². The topological polar surface area (TPSA) is 35.0 Å². The molecule has 0 aromatic carbocycles. The van der Waals surface area contributed by atoms with Crippen LogP contribution in [0.2, 0.25) is 5.15 Å². The van der Waals surface area contributed by atoms with E-state index in [1.807, 2.05) is 0 Å². The van der Waals surface area contributed by atoms with E-state index in [2.05, 4.69) is 16.9 Å². The molecule has 2 rings (SSSR count). The minimum Gasteiger partial charge on any atom is -0.377 e. The van der Waals surface area contributed by atoms with Gasteiger partial charge in [-0.15, -0.1) is 0 Å². The lowest BCUT2D eigenvalue weighted by Crippen LogP contribution is -2.13. The van der Waals surface area contributed by atoms with Crippen LogP contribution in [0.3, 0.4) is 0 Å². The minimum atomic E-state index is 0.276. The Balaban J connectivity index is 2.07. The van der Waals surface area contributed by atoms with E-state index in [-0.39, 0.29) is 6.10 Å². The summed E-state index contributed by atoms with van der Waals surface area (Å²) >= 11 is 7.57. The highest BCUT2D eigenvalue weighted by Crippen LogP contribution is 2.33. The zero-order valence-corrected chi connectivity index (χ0v) is 9.38. The maximum atomic E-state index is 5.92. The van der Waals surface area contributed by atoms with Crippen molar-refractivity contribution in [3.8, 4) is 0 Å². The molecule has 3 nitrogen and oxygen atoms in total. The molecule has 1 saturated heterocycles. The van der Waals surface area contributed by atoms with Crippen molar-refractivity contribution in [3.63, 3.8) is 0 Å². The fourth-order valence-corrected chi connectivity index (χ4v) is 2.68. The molecule has 0 N–H and O–H groups in total. The second kappa shape index (κ2) is 4.47. The number of aromatic nitrogens is 2. The van der Waals surface area contributed by atoms with Gasteiger partial charge in [0.05, 0.1) is 6.10 Å². The summed E-state index contributed by atoms with van der Waals surface area (Å²) in [5.74, 6) is 0. The Hall–Kier alpha value is -0.320. The molecule has 1 aliphatic rings. The van der Waals surface area contributed by atoms with E-state index < -0.39 is 0 Å². The summed E-state index contributed by atoms with van der Waals surface area (Å²) in [7, 11) is 0. The molecule has 14 heavy (non-hydrogen) atoms. The molecule has 5 heteroatoms. The lowest BCUT2D eigenvalue weighted by Gasteiger charge is -2.12. The highest BCUT2D eigenvalue weighted by Gasteiger charge is 2.26. The average Bonchev–Trinajstić information content (AvgIpc) is 2.56. The standard InChI is InChI=1S/C9H11ClN2OS/c1-6-7(2-5-13-6)14-9-8(10)11-3-4-12-9/h3-4,6-7H,2,5H2,1H3. The first-order valence-electron chi connectivity index (χ1n) is 4.52. The predicted molar refractivity (Wildman–Crippen MR) is 56.7 cm³/mol. The van der Waals surface area contributed by atoms with Gasteiger partial charge in [-0.25, -0.2) is 9.97 Å². The molecule has 0 spiro atoms. The fourth-order valence-electron chi connectivity index (χ4n) is 1.40. The summed E-state index contributed by atoms with van der Waals surface area (Å²) in [6.07, 6.45) is 4.59. The van der Waals surface area contributed by atoms with Gasteiger partial charge in [-0.05, 0) is 13.3 Å². The molecule has 1 aromatic rings. The first kappa shape index (κ1) is 10.2. The van der Waals surface area contributed by atoms with Crippen LogP contribution in [0.25, 0.3) is 0 Å². The van der Waals surface area contributed by atoms with Gasteiger partial charge < -0.3 is 4.74 Å². The van der Waals surface area contributed by atoms with Crippen molar-refractivity contribution in [2.24, 2.45) is 0 Å². The first-order valence-corrected chi connectivity index (χ1v) is 5.78. The van der Waals surface area contributed by atoms with Gasteiger partial charge in [0.25, 0.3) is 0 Å². The van der Waals surface area contributed by atoms with Crippen LogP contribution in [0.15, 0.2) is 17.4 Å². The number of halogens is 1. The summed E-state index contributed by atoms with van der Waals surface area (Å²) in [5, 5.41) is 1.73. The second-order valence-corrected chi connectivity index (χ2v) is 4.76. The molecule has 2 unspecified atom stereocenters. The minimum absolute atomic E-state index is 0.276. The van der Waals surface area contributed by atoms with Gasteiger partial charge >= 0.3 is 0 Å². The lowest BCUT2D eigenvalue weighted by molar-refractivity contribution is 0.127. The molecule has 76 valence electrons. The number of thioether (sulfide) groups is 1. The van der Waals surface area contributed by atoms with E-state index >= 15 is 0 Å². The number of hydrogen-bond acceptors (Lipinski definition) is 4. The molecule has 0 amide bonds. The molecule has 1 fully saturated rings.